The van der Waals surface area contributed by atoms with E-state index in [0.29, 0.717) is 15.7 Å². The number of carbonyl (C=O) groups excluding carboxylic acids is 1. The molecule has 0 radical (unpaired) electrons. The van der Waals surface area contributed by atoms with Crippen molar-refractivity contribution in [2.75, 3.05) is 5.32 Å². The van der Waals surface area contributed by atoms with Crippen molar-refractivity contribution in [3.05, 3.63) is 74.5 Å². The Morgan fingerprint density at radius 2 is 1.88 bits per heavy atom. The molecule has 6 heteroatoms. The van der Waals surface area contributed by atoms with Crippen LogP contribution in [0.4, 0.5) is 5.69 Å². The Balaban J connectivity index is 1.80. The monoisotopic (exact) mass is 374 g/mol. The summed E-state index contributed by atoms with van der Waals surface area (Å²) >= 11 is 12.0. The molecule has 1 amide bonds. The third-order valence-corrected chi connectivity index (χ3v) is 4.56. The minimum absolute atomic E-state index is 0.121. The highest BCUT2D eigenvalue weighted by molar-refractivity contribution is 6.35. The molecule has 4 nitrogen and oxygen atoms in total. The Morgan fingerprint density at radius 3 is 2.68 bits per heavy atom. The van der Waals surface area contributed by atoms with E-state index in [-0.39, 0.29) is 24.4 Å². The van der Waals surface area contributed by atoms with Gasteiger partial charge in [0.1, 0.15) is 0 Å². The van der Waals surface area contributed by atoms with Crippen LogP contribution in [0.25, 0.3) is 10.9 Å². The van der Waals surface area contributed by atoms with Crippen molar-refractivity contribution in [1.29, 1.82) is 0 Å². The van der Waals surface area contributed by atoms with Crippen LogP contribution in [0.1, 0.15) is 12.0 Å². The van der Waals surface area contributed by atoms with Gasteiger partial charge in [0.2, 0.25) is 5.91 Å². The first-order chi connectivity index (χ1) is 12.0. The van der Waals surface area contributed by atoms with Gasteiger partial charge in [0.15, 0.2) is 0 Å². The summed E-state index contributed by atoms with van der Waals surface area (Å²) in [5.41, 5.74) is 2.08. The highest BCUT2D eigenvalue weighted by Gasteiger charge is 2.10. The van der Waals surface area contributed by atoms with E-state index in [1.54, 1.807) is 28.8 Å². The molecule has 0 unspecified atom stereocenters. The van der Waals surface area contributed by atoms with Crippen LogP contribution in [0.2, 0.25) is 10.0 Å². The molecular formula is C19H16Cl2N2O2. The van der Waals surface area contributed by atoms with E-state index in [0.717, 1.165) is 16.5 Å². The summed E-state index contributed by atoms with van der Waals surface area (Å²) in [4.78, 5) is 24.6. The van der Waals surface area contributed by atoms with Gasteiger partial charge < -0.3 is 9.88 Å². The minimum Gasteiger partial charge on any atom is -0.325 e. The van der Waals surface area contributed by atoms with Crippen LogP contribution < -0.4 is 10.9 Å². The highest BCUT2D eigenvalue weighted by Crippen LogP contribution is 2.25. The van der Waals surface area contributed by atoms with Gasteiger partial charge in [-0.2, -0.15) is 0 Å². The van der Waals surface area contributed by atoms with Crippen molar-refractivity contribution >= 4 is 45.7 Å². The smallest absolute Gasteiger partial charge is 0.251 e. The van der Waals surface area contributed by atoms with Gasteiger partial charge in [-0.1, -0.05) is 41.4 Å². The van der Waals surface area contributed by atoms with Crippen LogP contribution in [0.3, 0.4) is 0 Å². The van der Waals surface area contributed by atoms with E-state index in [1.807, 2.05) is 31.2 Å². The summed E-state index contributed by atoms with van der Waals surface area (Å²) in [6.45, 7) is 2.19. The van der Waals surface area contributed by atoms with Crippen LogP contribution in [0.5, 0.6) is 0 Å². The number of fused-ring (bicyclic) bond motifs is 1. The molecule has 3 rings (SSSR count). The molecule has 0 saturated carbocycles. The highest BCUT2D eigenvalue weighted by atomic mass is 35.5. The zero-order valence-electron chi connectivity index (χ0n) is 13.6. The average Bonchev–Trinajstić information content (AvgIpc) is 2.58. The molecule has 128 valence electrons. The van der Waals surface area contributed by atoms with Gasteiger partial charge >= 0.3 is 0 Å². The third-order valence-electron chi connectivity index (χ3n) is 3.99. The van der Waals surface area contributed by atoms with Gasteiger partial charge in [-0.05, 0) is 36.8 Å². The summed E-state index contributed by atoms with van der Waals surface area (Å²) in [5.74, 6) is -0.235. The molecule has 0 spiro atoms. The molecule has 1 N–H and O–H groups in total. The van der Waals surface area contributed by atoms with E-state index in [1.165, 1.54) is 0 Å². The molecule has 0 aliphatic rings. The van der Waals surface area contributed by atoms with E-state index < -0.39 is 0 Å². The van der Waals surface area contributed by atoms with Crippen molar-refractivity contribution in [3.8, 4) is 0 Å². The fourth-order valence-electron chi connectivity index (χ4n) is 2.75. The number of halogens is 2. The summed E-state index contributed by atoms with van der Waals surface area (Å²) in [7, 11) is 0. The van der Waals surface area contributed by atoms with E-state index in [9.17, 15) is 9.59 Å². The summed E-state index contributed by atoms with van der Waals surface area (Å²) < 4.78 is 1.61. The molecule has 0 fully saturated rings. The molecule has 0 aliphatic carbocycles. The van der Waals surface area contributed by atoms with Crippen molar-refractivity contribution in [2.24, 2.45) is 0 Å². The molecule has 0 saturated heterocycles. The zero-order valence-corrected chi connectivity index (χ0v) is 15.1. The molecule has 0 atom stereocenters. The van der Waals surface area contributed by atoms with Gasteiger partial charge in [-0.3, -0.25) is 9.59 Å². The topological polar surface area (TPSA) is 51.1 Å². The number of rotatable bonds is 4. The maximum Gasteiger partial charge on any atom is 0.251 e. The van der Waals surface area contributed by atoms with Crippen LogP contribution in [-0.2, 0) is 11.3 Å². The lowest BCUT2D eigenvalue weighted by molar-refractivity contribution is -0.116. The van der Waals surface area contributed by atoms with Crippen molar-refractivity contribution in [3.63, 3.8) is 0 Å². The molecule has 0 bridgehead atoms. The largest absolute Gasteiger partial charge is 0.325 e. The molecule has 25 heavy (non-hydrogen) atoms. The number of aryl methyl sites for hydroxylation is 2. The lowest BCUT2D eigenvalue weighted by Crippen LogP contribution is -2.23. The van der Waals surface area contributed by atoms with Crippen molar-refractivity contribution < 1.29 is 4.79 Å². The predicted molar refractivity (Wildman–Crippen MR) is 103 cm³/mol. The number of hydrogen-bond donors (Lipinski definition) is 1. The zero-order chi connectivity index (χ0) is 18.0. The summed E-state index contributed by atoms with van der Waals surface area (Å²) in [6, 6.07) is 14.1. The fourth-order valence-corrected chi connectivity index (χ4v) is 3.09. The maximum atomic E-state index is 12.3. The number of amides is 1. The number of para-hydroxylation sites is 1. The number of nitrogens with one attached hydrogen (secondary N) is 1. The van der Waals surface area contributed by atoms with E-state index >= 15 is 0 Å². The first-order valence-electron chi connectivity index (χ1n) is 7.80. The van der Waals surface area contributed by atoms with Gasteiger partial charge in [-0.15, -0.1) is 0 Å². The predicted octanol–water partition coefficient (Wildman–Crippen LogP) is 4.65. The first kappa shape index (κ1) is 17.5. The normalized spacial score (nSPS) is 10.8. The quantitative estimate of drug-likeness (QED) is 0.722. The molecule has 2 aromatic carbocycles. The lowest BCUT2D eigenvalue weighted by Gasteiger charge is -2.12. The molecular weight excluding hydrogens is 359 g/mol. The first-order valence-corrected chi connectivity index (χ1v) is 8.55. The van der Waals surface area contributed by atoms with Crippen LogP contribution in [-0.4, -0.2) is 10.5 Å². The van der Waals surface area contributed by atoms with Crippen molar-refractivity contribution in [2.45, 2.75) is 19.9 Å². The molecule has 1 heterocycles. The number of carbonyl (C=O) groups is 1. The summed E-state index contributed by atoms with van der Waals surface area (Å²) in [5, 5.41) is 4.63. The number of nitrogens with zero attached hydrogens (tertiary/aromatic N) is 1. The fraction of sp³-hybridized carbons (Fsp3) is 0.158. The second-order valence-electron chi connectivity index (χ2n) is 5.76. The number of aromatic nitrogens is 1. The Morgan fingerprint density at radius 1 is 1.12 bits per heavy atom. The molecule has 0 aliphatic heterocycles. The Kier molecular flexibility index (Phi) is 5.11. The van der Waals surface area contributed by atoms with Gasteiger partial charge in [0.05, 0.1) is 16.2 Å². The van der Waals surface area contributed by atoms with Gasteiger partial charge in [-0.25, -0.2) is 0 Å². The molecule has 1 aromatic heterocycles. The minimum atomic E-state index is -0.235. The standard InChI is InChI=1S/C19H16Cl2N2O2/c1-12-10-19(25)23(17-5-3-2-4-14(12)17)9-8-18(24)22-16-11-13(20)6-7-15(16)21/h2-7,10-11H,8-9H2,1H3,(H,22,24). The van der Waals surface area contributed by atoms with Gasteiger partial charge in [0, 0.05) is 29.4 Å². The average molecular weight is 375 g/mol. The van der Waals surface area contributed by atoms with Gasteiger partial charge in [0.25, 0.3) is 5.56 Å². The Bertz CT molecular complexity index is 1010. The van der Waals surface area contributed by atoms with E-state index in [2.05, 4.69) is 5.32 Å². The SMILES string of the molecule is Cc1cc(=O)n(CCC(=O)Nc2cc(Cl)ccc2Cl)c2ccccc12. The second-order valence-corrected chi connectivity index (χ2v) is 6.60. The molecule has 3 aromatic rings. The number of benzene rings is 2. The van der Waals surface area contributed by atoms with Crippen LogP contribution >= 0.6 is 23.2 Å². The Labute approximate surface area is 155 Å². The lowest BCUT2D eigenvalue weighted by atomic mass is 10.1. The maximum absolute atomic E-state index is 12.3. The number of pyridine rings is 1. The van der Waals surface area contributed by atoms with E-state index in [4.69, 9.17) is 23.2 Å². The van der Waals surface area contributed by atoms with Crippen LogP contribution in [0, 0.1) is 6.92 Å². The summed E-state index contributed by atoms with van der Waals surface area (Å²) in [6.07, 6.45) is 0.149. The van der Waals surface area contributed by atoms with Crippen molar-refractivity contribution in [1.82, 2.24) is 4.57 Å². The number of hydrogen-bond acceptors (Lipinski definition) is 2. The second kappa shape index (κ2) is 7.30. The van der Waals surface area contributed by atoms with Crippen LogP contribution in [0.15, 0.2) is 53.3 Å². The third kappa shape index (κ3) is 3.86. The Hall–Kier alpha value is -2.30. The number of anilines is 1.